The monoisotopic (exact) mass is 493 g/mol. The molecule has 5 rings (SSSR count). The van der Waals surface area contributed by atoms with Gasteiger partial charge in [-0.15, -0.1) is 10.2 Å². The molecule has 0 aliphatic carbocycles. The normalized spacial score (nSPS) is 10.7. The molecule has 3 aromatic carbocycles. The minimum Gasteiger partial charge on any atom is -0.487 e. The third-order valence-electron chi connectivity index (χ3n) is 5.24. The number of nitrogens with zero attached hydrogens (tertiary/aromatic N) is 4. The van der Waals surface area contributed by atoms with Crippen molar-refractivity contribution in [3.63, 3.8) is 0 Å². The number of ether oxygens (including phenoxy) is 1. The Morgan fingerprint density at radius 1 is 0.861 bits per heavy atom. The molecular formula is C28H23N5O2S. The molecule has 36 heavy (non-hydrogen) atoms. The fraction of sp³-hybridized carbons (Fsp3) is 0.0714. The Hall–Kier alpha value is -4.43. The summed E-state index contributed by atoms with van der Waals surface area (Å²) >= 11 is 1.33. The van der Waals surface area contributed by atoms with Crippen molar-refractivity contribution in [3.8, 4) is 22.8 Å². The van der Waals surface area contributed by atoms with Gasteiger partial charge in [0.1, 0.15) is 12.4 Å². The number of thioether (sulfide) groups is 1. The molecular weight excluding hydrogens is 470 g/mol. The first-order valence-electron chi connectivity index (χ1n) is 11.4. The van der Waals surface area contributed by atoms with Gasteiger partial charge in [0.2, 0.25) is 5.91 Å². The van der Waals surface area contributed by atoms with E-state index in [0.717, 1.165) is 22.8 Å². The lowest BCUT2D eigenvalue weighted by atomic mass is 10.2. The van der Waals surface area contributed by atoms with E-state index in [-0.39, 0.29) is 11.7 Å². The Kier molecular flexibility index (Phi) is 7.34. The highest BCUT2D eigenvalue weighted by Gasteiger charge is 2.17. The Morgan fingerprint density at radius 3 is 2.42 bits per heavy atom. The molecule has 0 atom stereocenters. The van der Waals surface area contributed by atoms with E-state index in [4.69, 9.17) is 4.74 Å². The van der Waals surface area contributed by atoms with Crippen LogP contribution >= 0.6 is 11.8 Å². The van der Waals surface area contributed by atoms with Crippen molar-refractivity contribution in [1.82, 2.24) is 19.7 Å². The van der Waals surface area contributed by atoms with Crippen LogP contribution in [0.15, 0.2) is 114 Å². The predicted octanol–water partition coefficient (Wildman–Crippen LogP) is 5.64. The van der Waals surface area contributed by atoms with Crippen LogP contribution in [0.1, 0.15) is 5.69 Å². The number of nitrogens with one attached hydrogen (secondary N) is 1. The van der Waals surface area contributed by atoms with E-state index in [9.17, 15) is 4.79 Å². The Balaban J connectivity index is 1.26. The molecule has 0 aliphatic rings. The molecule has 178 valence electrons. The lowest BCUT2D eigenvalue weighted by molar-refractivity contribution is -0.113. The zero-order valence-electron chi connectivity index (χ0n) is 19.3. The van der Waals surface area contributed by atoms with E-state index in [1.165, 1.54) is 11.8 Å². The summed E-state index contributed by atoms with van der Waals surface area (Å²) in [5, 5.41) is 12.4. The summed E-state index contributed by atoms with van der Waals surface area (Å²) in [5.74, 6) is 1.41. The third-order valence-corrected chi connectivity index (χ3v) is 6.17. The van der Waals surface area contributed by atoms with E-state index in [1.807, 2.05) is 102 Å². The number of hydrogen-bond acceptors (Lipinski definition) is 6. The highest BCUT2D eigenvalue weighted by molar-refractivity contribution is 7.99. The first-order valence-corrected chi connectivity index (χ1v) is 12.4. The van der Waals surface area contributed by atoms with Gasteiger partial charge in [-0.25, -0.2) is 0 Å². The highest BCUT2D eigenvalue weighted by atomic mass is 32.2. The second kappa shape index (κ2) is 11.3. The summed E-state index contributed by atoms with van der Waals surface area (Å²) in [7, 11) is 0. The molecule has 2 aromatic heterocycles. The molecule has 1 N–H and O–H groups in total. The standard InChI is InChI=1S/C28H23N5O2S/c34-26(30-22-13-9-16-25(18-22)35-19-23-12-7-8-17-29-23)20-36-28-32-31-27(21-10-3-1-4-11-21)33(28)24-14-5-2-6-15-24/h1-18H,19-20H2,(H,30,34). The first-order chi connectivity index (χ1) is 17.8. The van der Waals surface area contributed by atoms with Gasteiger partial charge in [0.25, 0.3) is 0 Å². The number of para-hydroxylation sites is 1. The van der Waals surface area contributed by atoms with Crippen molar-refractivity contribution < 1.29 is 9.53 Å². The molecule has 5 aromatic rings. The molecule has 7 nitrogen and oxygen atoms in total. The zero-order valence-corrected chi connectivity index (χ0v) is 20.1. The number of rotatable bonds is 9. The van der Waals surface area contributed by atoms with Gasteiger partial charge < -0.3 is 10.1 Å². The van der Waals surface area contributed by atoms with Gasteiger partial charge >= 0.3 is 0 Å². The van der Waals surface area contributed by atoms with Gasteiger partial charge in [-0.05, 0) is 36.4 Å². The Morgan fingerprint density at radius 2 is 1.64 bits per heavy atom. The smallest absolute Gasteiger partial charge is 0.234 e. The van der Waals surface area contributed by atoms with Gasteiger partial charge in [0.05, 0.1) is 11.4 Å². The minimum atomic E-state index is -0.147. The fourth-order valence-electron chi connectivity index (χ4n) is 3.58. The van der Waals surface area contributed by atoms with Crippen molar-refractivity contribution in [2.75, 3.05) is 11.1 Å². The number of carbonyl (C=O) groups is 1. The van der Waals surface area contributed by atoms with E-state index in [2.05, 4.69) is 20.5 Å². The molecule has 0 unspecified atom stereocenters. The lowest BCUT2D eigenvalue weighted by Gasteiger charge is -2.11. The topological polar surface area (TPSA) is 81.9 Å². The van der Waals surface area contributed by atoms with Crippen molar-refractivity contribution >= 4 is 23.4 Å². The number of amides is 1. The molecule has 0 bridgehead atoms. The largest absolute Gasteiger partial charge is 0.487 e. The lowest BCUT2D eigenvalue weighted by Crippen LogP contribution is -2.14. The van der Waals surface area contributed by atoms with Crippen LogP contribution in [-0.2, 0) is 11.4 Å². The minimum absolute atomic E-state index is 0.147. The summed E-state index contributed by atoms with van der Waals surface area (Å²) in [4.78, 5) is 17.0. The van der Waals surface area contributed by atoms with Gasteiger partial charge in [0.15, 0.2) is 11.0 Å². The summed E-state index contributed by atoms with van der Waals surface area (Å²) in [6.07, 6.45) is 1.73. The van der Waals surface area contributed by atoms with Crippen LogP contribution in [0.2, 0.25) is 0 Å². The van der Waals surface area contributed by atoms with Crippen LogP contribution in [0.5, 0.6) is 5.75 Å². The second-order valence-corrected chi connectivity index (χ2v) is 8.76. The molecule has 8 heteroatoms. The second-order valence-electron chi connectivity index (χ2n) is 7.82. The van der Waals surface area contributed by atoms with E-state index < -0.39 is 0 Å². The fourth-order valence-corrected chi connectivity index (χ4v) is 4.33. The van der Waals surface area contributed by atoms with Crippen LogP contribution in [0, 0.1) is 0 Å². The van der Waals surface area contributed by atoms with Crippen molar-refractivity contribution in [3.05, 3.63) is 115 Å². The van der Waals surface area contributed by atoms with Crippen LogP contribution in [0.4, 0.5) is 5.69 Å². The van der Waals surface area contributed by atoms with E-state index in [0.29, 0.717) is 23.2 Å². The summed E-state index contributed by atoms with van der Waals surface area (Å²) in [5.41, 5.74) is 3.38. The average molecular weight is 494 g/mol. The van der Waals surface area contributed by atoms with Gasteiger partial charge in [-0.1, -0.05) is 72.4 Å². The predicted molar refractivity (Wildman–Crippen MR) is 141 cm³/mol. The number of benzene rings is 3. The molecule has 0 fully saturated rings. The SMILES string of the molecule is O=C(CSc1nnc(-c2ccccc2)n1-c1ccccc1)Nc1cccc(OCc2ccccn2)c1. The van der Waals surface area contributed by atoms with Gasteiger partial charge in [-0.2, -0.15) is 0 Å². The van der Waals surface area contributed by atoms with E-state index in [1.54, 1.807) is 12.3 Å². The van der Waals surface area contributed by atoms with Crippen molar-refractivity contribution in [1.29, 1.82) is 0 Å². The number of pyridine rings is 1. The third kappa shape index (κ3) is 5.79. The number of aromatic nitrogens is 4. The van der Waals surface area contributed by atoms with Gasteiger partial charge in [0, 0.05) is 29.2 Å². The number of anilines is 1. The van der Waals surface area contributed by atoms with Crippen LogP contribution in [0.3, 0.4) is 0 Å². The maximum atomic E-state index is 12.8. The van der Waals surface area contributed by atoms with Crippen LogP contribution in [0.25, 0.3) is 17.1 Å². The quantitative estimate of drug-likeness (QED) is 0.268. The first kappa shape index (κ1) is 23.3. The molecule has 0 spiro atoms. The molecule has 0 saturated heterocycles. The molecule has 0 radical (unpaired) electrons. The Labute approximate surface area is 213 Å². The van der Waals surface area contributed by atoms with Crippen LogP contribution < -0.4 is 10.1 Å². The maximum Gasteiger partial charge on any atom is 0.234 e. The molecule has 2 heterocycles. The summed E-state index contributed by atoms with van der Waals surface area (Å²) in [6, 6.07) is 32.8. The summed E-state index contributed by atoms with van der Waals surface area (Å²) in [6.45, 7) is 0.354. The zero-order chi connectivity index (χ0) is 24.6. The van der Waals surface area contributed by atoms with Crippen molar-refractivity contribution in [2.24, 2.45) is 0 Å². The molecule has 0 saturated carbocycles. The number of carbonyl (C=O) groups excluding carboxylic acids is 1. The highest BCUT2D eigenvalue weighted by Crippen LogP contribution is 2.28. The number of hydrogen-bond donors (Lipinski definition) is 1. The average Bonchev–Trinajstić information content (AvgIpc) is 3.37. The summed E-state index contributed by atoms with van der Waals surface area (Å²) < 4.78 is 7.78. The molecule has 0 aliphatic heterocycles. The van der Waals surface area contributed by atoms with Gasteiger partial charge in [-0.3, -0.25) is 14.3 Å². The Bertz CT molecular complexity index is 1430. The van der Waals surface area contributed by atoms with E-state index >= 15 is 0 Å². The van der Waals surface area contributed by atoms with Crippen LogP contribution in [-0.4, -0.2) is 31.4 Å². The maximum absolute atomic E-state index is 12.8. The van der Waals surface area contributed by atoms with Crippen molar-refractivity contribution in [2.45, 2.75) is 11.8 Å². The molecule has 1 amide bonds.